The van der Waals surface area contributed by atoms with Crippen LogP contribution in [-0.2, 0) is 27.1 Å². The third-order valence-electron chi connectivity index (χ3n) is 7.00. The highest BCUT2D eigenvalue weighted by Crippen LogP contribution is 2.54. The van der Waals surface area contributed by atoms with E-state index >= 15 is 0 Å². The molecule has 0 bridgehead atoms. The number of alkyl halides is 3. The Hall–Kier alpha value is -4.43. The SMILES string of the molecule is O=C(Cn1c2c(sc1=O)[C@@H](c1cccnc1)[C@@H]1C(=O)N(c3ccccc3C(F)(F)F)C(=O)[C@@H]1S2)Nc1ccc(O)cc1. The van der Waals surface area contributed by atoms with Gasteiger partial charge < -0.3 is 10.4 Å². The molecule has 1 fully saturated rings. The molecule has 14 heteroatoms. The highest BCUT2D eigenvalue weighted by Gasteiger charge is 2.57. The summed E-state index contributed by atoms with van der Waals surface area (Å²) in [7, 11) is 0. The molecule has 6 rings (SSSR count). The van der Waals surface area contributed by atoms with Crippen LogP contribution in [0.25, 0.3) is 0 Å². The van der Waals surface area contributed by atoms with E-state index in [0.29, 0.717) is 21.0 Å². The summed E-state index contributed by atoms with van der Waals surface area (Å²) in [4.78, 5) is 58.3. The Bertz CT molecular complexity index is 1770. The molecule has 2 aliphatic heterocycles. The lowest BCUT2D eigenvalue weighted by atomic mass is 9.84. The second kappa shape index (κ2) is 10.4. The molecule has 2 aromatic heterocycles. The molecule has 2 aromatic carbocycles. The number of imide groups is 1. The van der Waals surface area contributed by atoms with Crippen molar-refractivity contribution >= 4 is 52.2 Å². The van der Waals surface area contributed by atoms with Gasteiger partial charge in [-0.15, -0.1) is 0 Å². The molecule has 0 aliphatic carbocycles. The van der Waals surface area contributed by atoms with Gasteiger partial charge in [0.2, 0.25) is 17.7 Å². The molecule has 214 valence electrons. The molecule has 2 N–H and O–H groups in total. The standard InChI is InChI=1S/C28H19F3N4O5S2/c29-28(30,31)17-5-1-2-6-18(17)35-24(38)21-20(14-4-3-11-32-12-14)23-26(41-22(21)25(35)39)34(27(40)42-23)13-19(37)33-15-7-9-16(36)10-8-15/h1-12,20-22,36H,13H2,(H,33,37)/t20-,21-,22+/m0/s1. The van der Waals surface area contributed by atoms with Crippen LogP contribution in [-0.4, -0.2) is 37.6 Å². The lowest BCUT2D eigenvalue weighted by molar-refractivity contribution is -0.137. The Morgan fingerprint density at radius 3 is 2.43 bits per heavy atom. The van der Waals surface area contributed by atoms with E-state index in [1.54, 1.807) is 12.1 Å². The molecule has 0 spiro atoms. The molecule has 9 nitrogen and oxygen atoms in total. The number of carbonyl (C=O) groups excluding carboxylic acids is 3. The lowest BCUT2D eigenvalue weighted by Gasteiger charge is -2.30. The summed E-state index contributed by atoms with van der Waals surface area (Å²) in [5.41, 5.74) is -0.797. The van der Waals surface area contributed by atoms with Gasteiger partial charge in [-0.25, -0.2) is 4.90 Å². The highest BCUT2D eigenvalue weighted by molar-refractivity contribution is 8.00. The van der Waals surface area contributed by atoms with Gasteiger partial charge in [0.15, 0.2) is 0 Å². The first-order chi connectivity index (χ1) is 20.0. The molecule has 4 aromatic rings. The van der Waals surface area contributed by atoms with E-state index in [9.17, 15) is 37.5 Å². The number of nitrogens with one attached hydrogen (secondary N) is 1. The van der Waals surface area contributed by atoms with Crippen molar-refractivity contribution in [3.63, 3.8) is 0 Å². The van der Waals surface area contributed by atoms with Crippen LogP contribution in [0.1, 0.15) is 21.9 Å². The summed E-state index contributed by atoms with van der Waals surface area (Å²) in [6, 6.07) is 13.4. The molecular weight excluding hydrogens is 593 g/mol. The Kier molecular flexibility index (Phi) is 6.89. The van der Waals surface area contributed by atoms with Gasteiger partial charge in [-0.3, -0.25) is 28.7 Å². The van der Waals surface area contributed by atoms with Crippen LogP contribution >= 0.6 is 23.1 Å². The summed E-state index contributed by atoms with van der Waals surface area (Å²) in [6.45, 7) is -0.418. The van der Waals surface area contributed by atoms with Crippen molar-refractivity contribution in [2.75, 3.05) is 10.2 Å². The number of hydrogen-bond acceptors (Lipinski definition) is 8. The van der Waals surface area contributed by atoms with Crippen molar-refractivity contribution in [3.05, 3.63) is 98.7 Å². The largest absolute Gasteiger partial charge is 0.508 e. The Morgan fingerprint density at radius 2 is 1.74 bits per heavy atom. The number of anilines is 2. The molecule has 0 radical (unpaired) electrons. The smallest absolute Gasteiger partial charge is 0.418 e. The predicted molar refractivity (Wildman–Crippen MR) is 148 cm³/mol. The monoisotopic (exact) mass is 612 g/mol. The topological polar surface area (TPSA) is 122 Å². The molecule has 2 aliphatic rings. The van der Waals surface area contributed by atoms with Crippen molar-refractivity contribution in [1.29, 1.82) is 0 Å². The van der Waals surface area contributed by atoms with Crippen LogP contribution in [0.4, 0.5) is 24.5 Å². The zero-order valence-electron chi connectivity index (χ0n) is 21.2. The van der Waals surface area contributed by atoms with Gasteiger partial charge in [-0.05, 0) is 48.0 Å². The van der Waals surface area contributed by atoms with Crippen LogP contribution < -0.4 is 15.1 Å². The number of phenolic OH excluding ortho intramolecular Hbond substituents is 1. The minimum Gasteiger partial charge on any atom is -0.508 e. The van der Waals surface area contributed by atoms with Crippen LogP contribution in [0.5, 0.6) is 5.75 Å². The van der Waals surface area contributed by atoms with Crippen molar-refractivity contribution in [2.24, 2.45) is 5.92 Å². The number of thioether (sulfide) groups is 1. The molecule has 4 heterocycles. The fraction of sp³-hybridized carbons (Fsp3) is 0.179. The van der Waals surface area contributed by atoms with E-state index in [4.69, 9.17) is 0 Å². The van der Waals surface area contributed by atoms with Crippen LogP contribution in [0.3, 0.4) is 0 Å². The quantitative estimate of drug-likeness (QED) is 0.252. The van der Waals surface area contributed by atoms with Gasteiger partial charge >= 0.3 is 11.0 Å². The average molecular weight is 613 g/mol. The van der Waals surface area contributed by atoms with Crippen LogP contribution in [0, 0.1) is 5.92 Å². The zero-order chi connectivity index (χ0) is 29.8. The summed E-state index contributed by atoms with van der Waals surface area (Å²) in [6.07, 6.45) is -1.82. The zero-order valence-corrected chi connectivity index (χ0v) is 22.9. The fourth-order valence-corrected chi connectivity index (χ4v) is 7.98. The molecule has 0 unspecified atom stereocenters. The van der Waals surface area contributed by atoms with Crippen LogP contribution in [0.2, 0.25) is 0 Å². The summed E-state index contributed by atoms with van der Waals surface area (Å²) in [5, 5.41) is 11.2. The number of aromatic nitrogens is 2. The first-order valence-electron chi connectivity index (χ1n) is 12.5. The van der Waals surface area contributed by atoms with Crippen LogP contribution in [0.15, 0.2) is 82.9 Å². The molecular formula is C28H19F3N4O5S2. The second-order valence-electron chi connectivity index (χ2n) is 9.57. The number of thiazole rings is 1. The summed E-state index contributed by atoms with van der Waals surface area (Å²) >= 11 is 1.70. The summed E-state index contributed by atoms with van der Waals surface area (Å²) < 4.78 is 42.8. The molecule has 0 saturated carbocycles. The number of aromatic hydroxyl groups is 1. The number of benzene rings is 2. The van der Waals surface area contributed by atoms with Gasteiger partial charge in [-0.1, -0.05) is 41.3 Å². The minimum absolute atomic E-state index is 0.00574. The number of fused-ring (bicyclic) bond motifs is 2. The number of hydrogen-bond donors (Lipinski definition) is 2. The van der Waals surface area contributed by atoms with Crippen molar-refractivity contribution in [2.45, 2.75) is 28.9 Å². The van der Waals surface area contributed by atoms with Crippen molar-refractivity contribution < 1.29 is 32.7 Å². The van der Waals surface area contributed by atoms with Gasteiger partial charge in [-0.2, -0.15) is 13.2 Å². The predicted octanol–water partition coefficient (Wildman–Crippen LogP) is 4.46. The molecule has 42 heavy (non-hydrogen) atoms. The van der Waals surface area contributed by atoms with Gasteiger partial charge in [0.05, 0.1) is 22.2 Å². The number of rotatable bonds is 5. The van der Waals surface area contributed by atoms with Gasteiger partial charge in [0.1, 0.15) is 17.5 Å². The van der Waals surface area contributed by atoms with E-state index in [1.165, 1.54) is 53.4 Å². The number of amides is 3. The first kappa shape index (κ1) is 27.7. The number of para-hydroxylation sites is 1. The lowest BCUT2D eigenvalue weighted by Crippen LogP contribution is -2.33. The molecule has 1 saturated heterocycles. The number of pyridine rings is 1. The van der Waals surface area contributed by atoms with E-state index in [2.05, 4.69) is 10.3 Å². The molecule has 3 atom stereocenters. The van der Waals surface area contributed by atoms with E-state index in [0.717, 1.165) is 35.2 Å². The fourth-order valence-electron chi connectivity index (χ4n) is 5.21. The Morgan fingerprint density at radius 1 is 1.00 bits per heavy atom. The maximum Gasteiger partial charge on any atom is 0.418 e. The number of phenols is 1. The third-order valence-corrected chi connectivity index (χ3v) is 9.60. The van der Waals surface area contributed by atoms with Crippen molar-refractivity contribution in [3.8, 4) is 5.75 Å². The maximum absolute atomic E-state index is 13.9. The Balaban J connectivity index is 1.41. The molecule has 3 amide bonds. The van der Waals surface area contributed by atoms with Crippen molar-refractivity contribution in [1.82, 2.24) is 9.55 Å². The summed E-state index contributed by atoms with van der Waals surface area (Å²) in [5.74, 6) is -4.18. The average Bonchev–Trinajstić information content (AvgIpc) is 3.40. The minimum atomic E-state index is -4.81. The Labute approximate surface area is 243 Å². The first-order valence-corrected chi connectivity index (χ1v) is 14.2. The number of halogens is 3. The van der Waals surface area contributed by atoms with E-state index < -0.39 is 63.7 Å². The number of carbonyl (C=O) groups is 3. The highest BCUT2D eigenvalue weighted by atomic mass is 32.2. The third kappa shape index (κ3) is 4.75. The second-order valence-corrected chi connectivity index (χ2v) is 11.7. The number of nitrogens with zero attached hydrogens (tertiary/aromatic N) is 3. The maximum atomic E-state index is 13.9. The normalized spacial score (nSPS) is 19.9. The van der Waals surface area contributed by atoms with E-state index in [-0.39, 0.29) is 10.8 Å². The van der Waals surface area contributed by atoms with E-state index in [1.807, 2.05) is 0 Å². The van der Waals surface area contributed by atoms with Gasteiger partial charge in [0, 0.05) is 28.9 Å². The van der Waals surface area contributed by atoms with Gasteiger partial charge in [0.25, 0.3) is 0 Å².